The molecule has 0 aliphatic carbocycles. The van der Waals surface area contributed by atoms with E-state index in [0.717, 1.165) is 16.6 Å². The number of aromatic nitrogens is 2. The van der Waals surface area contributed by atoms with Gasteiger partial charge in [-0.15, -0.1) is 0 Å². The molecule has 0 atom stereocenters. The predicted molar refractivity (Wildman–Crippen MR) is 104 cm³/mol. The number of hydrogen-bond donors (Lipinski definition) is 4. The number of hydrazine groups is 1. The van der Waals surface area contributed by atoms with Crippen molar-refractivity contribution in [3.05, 3.63) is 92.3 Å². The van der Waals surface area contributed by atoms with Crippen LogP contribution in [0.1, 0.15) is 26.4 Å². The number of aromatic amines is 2. The van der Waals surface area contributed by atoms with Gasteiger partial charge in [-0.1, -0.05) is 24.3 Å². The van der Waals surface area contributed by atoms with E-state index in [2.05, 4.69) is 10.3 Å². The first kappa shape index (κ1) is 18.8. The molecule has 1 heterocycles. The number of carbonyl (C=O) groups is 2. The molecule has 142 valence electrons. The van der Waals surface area contributed by atoms with Gasteiger partial charge in [0.2, 0.25) is 0 Å². The molecule has 0 saturated heterocycles. The molecule has 0 spiro atoms. The molecule has 9 heteroatoms. The molecule has 2 amide bonds. The molecule has 0 unspecified atom stereocenters. The minimum atomic E-state index is -0.811. The summed E-state index contributed by atoms with van der Waals surface area (Å²) in [4.78, 5) is 52.2. The molecule has 3 rings (SSSR count). The summed E-state index contributed by atoms with van der Waals surface area (Å²) >= 11 is 0. The Bertz CT molecular complexity index is 1140. The fourth-order valence-corrected chi connectivity index (χ4v) is 2.58. The Kier molecular flexibility index (Phi) is 5.18. The zero-order valence-electron chi connectivity index (χ0n) is 14.9. The molecular formula is C19H17N5O4. The highest BCUT2D eigenvalue weighted by molar-refractivity contribution is 6.12. The molecule has 0 radical (unpaired) electrons. The predicted octanol–water partition coefficient (Wildman–Crippen LogP) is 1.14. The third-order valence-electron chi connectivity index (χ3n) is 3.91. The first-order valence-electron chi connectivity index (χ1n) is 8.25. The summed E-state index contributed by atoms with van der Waals surface area (Å²) in [5.41, 5.74) is -0.0147. The molecule has 0 aliphatic rings. The Morgan fingerprint density at radius 1 is 1.00 bits per heavy atom. The standard InChI is InChI=1S/C19H17N5O4/c1-11-5-4-6-12(9-11)24(20)18(27)13-7-2-3-8-14(13)21-17(26)15-10-16(25)23-19(28)22-15/h2-10H,20H2,1H3,(H,21,26)(H2,22,23,25,28). The van der Waals surface area contributed by atoms with Gasteiger partial charge in [0.15, 0.2) is 0 Å². The lowest BCUT2D eigenvalue weighted by Crippen LogP contribution is -2.38. The van der Waals surface area contributed by atoms with Crippen LogP contribution in [0, 0.1) is 6.92 Å². The Morgan fingerprint density at radius 2 is 1.75 bits per heavy atom. The van der Waals surface area contributed by atoms with Crippen molar-refractivity contribution >= 4 is 23.2 Å². The van der Waals surface area contributed by atoms with E-state index < -0.39 is 23.1 Å². The van der Waals surface area contributed by atoms with Gasteiger partial charge < -0.3 is 10.3 Å². The van der Waals surface area contributed by atoms with Gasteiger partial charge >= 0.3 is 5.69 Å². The number of anilines is 2. The van der Waals surface area contributed by atoms with E-state index in [1.54, 1.807) is 30.3 Å². The average molecular weight is 379 g/mol. The van der Waals surface area contributed by atoms with E-state index >= 15 is 0 Å². The highest BCUT2D eigenvalue weighted by atomic mass is 16.2. The molecular weight excluding hydrogens is 362 g/mol. The lowest BCUT2D eigenvalue weighted by atomic mass is 10.1. The second-order valence-corrected chi connectivity index (χ2v) is 6.02. The number of benzene rings is 2. The van der Waals surface area contributed by atoms with Crippen LogP contribution in [0.3, 0.4) is 0 Å². The molecule has 0 saturated carbocycles. The number of H-pyrrole nitrogens is 2. The number of nitrogens with zero attached hydrogens (tertiary/aromatic N) is 1. The average Bonchev–Trinajstić information content (AvgIpc) is 2.66. The first-order valence-corrected chi connectivity index (χ1v) is 8.25. The van der Waals surface area contributed by atoms with Gasteiger partial charge in [-0.2, -0.15) is 0 Å². The van der Waals surface area contributed by atoms with Crippen LogP contribution >= 0.6 is 0 Å². The van der Waals surface area contributed by atoms with Crippen LogP contribution in [0.15, 0.2) is 64.2 Å². The van der Waals surface area contributed by atoms with Crippen molar-refractivity contribution in [2.45, 2.75) is 6.92 Å². The third kappa shape index (κ3) is 4.05. The van der Waals surface area contributed by atoms with Crippen LogP contribution < -0.4 is 27.4 Å². The van der Waals surface area contributed by atoms with E-state index in [1.165, 1.54) is 12.1 Å². The summed E-state index contributed by atoms with van der Waals surface area (Å²) in [5, 5.41) is 3.49. The minimum Gasteiger partial charge on any atom is -0.320 e. The fraction of sp³-hybridized carbons (Fsp3) is 0.0526. The SMILES string of the molecule is Cc1cccc(N(N)C(=O)c2ccccc2NC(=O)c2cc(=O)[nH]c(=O)[nH]2)c1. The molecule has 1 aromatic heterocycles. The minimum absolute atomic E-state index is 0.145. The number of hydrogen-bond acceptors (Lipinski definition) is 5. The van der Waals surface area contributed by atoms with Crippen molar-refractivity contribution in [2.75, 3.05) is 10.3 Å². The van der Waals surface area contributed by atoms with Crippen LogP contribution in [0.25, 0.3) is 0 Å². The fourth-order valence-electron chi connectivity index (χ4n) is 2.58. The number of nitrogens with two attached hydrogens (primary N) is 1. The largest absolute Gasteiger partial charge is 0.326 e. The number of rotatable bonds is 4. The van der Waals surface area contributed by atoms with Crippen molar-refractivity contribution in [1.29, 1.82) is 0 Å². The zero-order valence-corrected chi connectivity index (χ0v) is 14.9. The summed E-state index contributed by atoms with van der Waals surface area (Å²) in [6.45, 7) is 1.87. The monoisotopic (exact) mass is 379 g/mol. The van der Waals surface area contributed by atoms with Crippen LogP contribution in [-0.4, -0.2) is 21.8 Å². The zero-order chi connectivity index (χ0) is 20.3. The van der Waals surface area contributed by atoms with Gasteiger partial charge in [0.1, 0.15) is 5.69 Å². The van der Waals surface area contributed by atoms with Crippen LogP contribution in [-0.2, 0) is 0 Å². The van der Waals surface area contributed by atoms with E-state index in [1.807, 2.05) is 18.0 Å². The topological polar surface area (TPSA) is 141 Å². The molecule has 0 aliphatic heterocycles. The van der Waals surface area contributed by atoms with Gasteiger partial charge in [-0.3, -0.25) is 19.4 Å². The van der Waals surface area contributed by atoms with E-state index in [0.29, 0.717) is 5.69 Å². The second-order valence-electron chi connectivity index (χ2n) is 6.02. The van der Waals surface area contributed by atoms with Crippen LogP contribution in [0.5, 0.6) is 0 Å². The van der Waals surface area contributed by atoms with Gasteiger partial charge in [-0.05, 0) is 36.8 Å². The van der Waals surface area contributed by atoms with Crippen molar-refractivity contribution in [2.24, 2.45) is 5.84 Å². The summed E-state index contributed by atoms with van der Waals surface area (Å²) in [5.74, 6) is 4.68. The van der Waals surface area contributed by atoms with Gasteiger partial charge in [0, 0.05) is 6.07 Å². The summed E-state index contributed by atoms with van der Waals surface area (Å²) < 4.78 is 0. The molecule has 5 N–H and O–H groups in total. The third-order valence-corrected chi connectivity index (χ3v) is 3.91. The van der Waals surface area contributed by atoms with Crippen molar-refractivity contribution < 1.29 is 9.59 Å². The molecule has 0 bridgehead atoms. The highest BCUT2D eigenvalue weighted by Crippen LogP contribution is 2.21. The summed E-state index contributed by atoms with van der Waals surface area (Å²) in [6.07, 6.45) is 0. The molecule has 3 aromatic rings. The number of aryl methyl sites for hydroxylation is 1. The highest BCUT2D eigenvalue weighted by Gasteiger charge is 2.19. The first-order chi connectivity index (χ1) is 13.3. The van der Waals surface area contributed by atoms with Crippen LogP contribution in [0.4, 0.5) is 11.4 Å². The Morgan fingerprint density at radius 3 is 2.46 bits per heavy atom. The second kappa shape index (κ2) is 7.72. The molecule has 28 heavy (non-hydrogen) atoms. The molecule has 2 aromatic carbocycles. The number of amides is 2. The van der Waals surface area contributed by atoms with Crippen molar-refractivity contribution in [1.82, 2.24) is 9.97 Å². The van der Waals surface area contributed by atoms with E-state index in [9.17, 15) is 19.2 Å². The van der Waals surface area contributed by atoms with E-state index in [4.69, 9.17) is 5.84 Å². The van der Waals surface area contributed by atoms with Crippen LogP contribution in [0.2, 0.25) is 0 Å². The van der Waals surface area contributed by atoms with Gasteiger partial charge in [0.05, 0.1) is 16.9 Å². The maximum Gasteiger partial charge on any atom is 0.326 e. The normalized spacial score (nSPS) is 10.4. The lowest BCUT2D eigenvalue weighted by Gasteiger charge is -2.19. The Hall–Kier alpha value is -3.98. The number of carbonyl (C=O) groups excluding carboxylic acids is 2. The number of para-hydroxylation sites is 1. The maximum absolute atomic E-state index is 12.8. The van der Waals surface area contributed by atoms with Gasteiger partial charge in [-0.25, -0.2) is 15.6 Å². The van der Waals surface area contributed by atoms with E-state index in [-0.39, 0.29) is 16.9 Å². The lowest BCUT2D eigenvalue weighted by molar-refractivity contribution is 0.0987. The molecule has 9 nitrogen and oxygen atoms in total. The Balaban J connectivity index is 1.90. The van der Waals surface area contributed by atoms with Crippen molar-refractivity contribution in [3.63, 3.8) is 0 Å². The smallest absolute Gasteiger partial charge is 0.320 e. The Labute approximate surface area is 158 Å². The number of nitrogens with one attached hydrogen (secondary N) is 3. The quantitative estimate of drug-likeness (QED) is 0.306. The summed E-state index contributed by atoms with van der Waals surface area (Å²) in [6, 6.07) is 14.3. The maximum atomic E-state index is 12.8. The summed E-state index contributed by atoms with van der Waals surface area (Å²) in [7, 11) is 0. The van der Waals surface area contributed by atoms with Crippen molar-refractivity contribution in [3.8, 4) is 0 Å². The molecule has 0 fully saturated rings. The van der Waals surface area contributed by atoms with Gasteiger partial charge in [0.25, 0.3) is 17.4 Å².